The van der Waals surface area contributed by atoms with Crippen molar-refractivity contribution in [2.45, 2.75) is 38.4 Å². The van der Waals surface area contributed by atoms with Gasteiger partial charge in [-0.1, -0.05) is 0 Å². The van der Waals surface area contributed by atoms with Crippen molar-refractivity contribution >= 4 is 18.7 Å². The van der Waals surface area contributed by atoms with Gasteiger partial charge in [-0.25, -0.2) is 13.4 Å². The summed E-state index contributed by atoms with van der Waals surface area (Å²) in [6.07, 6.45) is -2.73. The number of carbonyl (C=O) groups excluding carboxylic acids is 2. The summed E-state index contributed by atoms with van der Waals surface area (Å²) in [6.45, 7) is 5.73. The van der Waals surface area contributed by atoms with Crippen molar-refractivity contribution in [3.05, 3.63) is 0 Å². The van der Waals surface area contributed by atoms with Gasteiger partial charge in [0.25, 0.3) is 5.79 Å². The van der Waals surface area contributed by atoms with Crippen LogP contribution < -0.4 is 0 Å². The van der Waals surface area contributed by atoms with Crippen LogP contribution in [0.25, 0.3) is 0 Å². The summed E-state index contributed by atoms with van der Waals surface area (Å²) in [7, 11) is 1.78. The average molecular weight is 278 g/mol. The SMILES string of the molecule is C=[N+](C)CCCC1(C)OC(=O)C(CC(F)F)C(=O)O1. The number of carbonyl (C=O) groups is 2. The summed E-state index contributed by atoms with van der Waals surface area (Å²) >= 11 is 0. The first-order valence-electron chi connectivity index (χ1n) is 5.99. The molecule has 0 saturated carbocycles. The highest BCUT2D eigenvalue weighted by Crippen LogP contribution is 2.30. The lowest BCUT2D eigenvalue weighted by atomic mass is 10.0. The second-order valence-corrected chi connectivity index (χ2v) is 4.84. The van der Waals surface area contributed by atoms with Crippen LogP contribution in [0.3, 0.4) is 0 Å². The van der Waals surface area contributed by atoms with Crippen LogP contribution in [-0.4, -0.2) is 49.0 Å². The lowest BCUT2D eigenvalue weighted by Crippen LogP contribution is -2.48. The van der Waals surface area contributed by atoms with Crippen LogP contribution in [0.5, 0.6) is 0 Å². The summed E-state index contributed by atoms with van der Waals surface area (Å²) in [5.41, 5.74) is 0. The Labute approximate surface area is 110 Å². The Morgan fingerprint density at radius 1 is 1.37 bits per heavy atom. The normalized spacial score (nSPS) is 27.1. The van der Waals surface area contributed by atoms with Crippen molar-refractivity contribution in [2.24, 2.45) is 5.92 Å². The average Bonchev–Trinajstić information content (AvgIpc) is 2.22. The van der Waals surface area contributed by atoms with E-state index in [1.807, 2.05) is 0 Å². The van der Waals surface area contributed by atoms with Gasteiger partial charge in [0.2, 0.25) is 6.43 Å². The van der Waals surface area contributed by atoms with E-state index < -0.39 is 36.5 Å². The predicted octanol–water partition coefficient (Wildman–Crippen LogP) is 1.20. The third-order valence-corrected chi connectivity index (χ3v) is 2.79. The lowest BCUT2D eigenvalue weighted by Gasteiger charge is -2.35. The van der Waals surface area contributed by atoms with E-state index in [1.165, 1.54) is 6.92 Å². The Hall–Kier alpha value is -1.53. The van der Waals surface area contributed by atoms with Crippen molar-refractivity contribution in [3.8, 4) is 0 Å². The first-order valence-corrected chi connectivity index (χ1v) is 5.99. The molecule has 0 aliphatic carbocycles. The van der Waals surface area contributed by atoms with Gasteiger partial charge in [0, 0.05) is 26.2 Å². The van der Waals surface area contributed by atoms with E-state index in [2.05, 4.69) is 6.72 Å². The molecule has 1 fully saturated rings. The molecule has 0 aromatic rings. The summed E-state index contributed by atoms with van der Waals surface area (Å²) < 4.78 is 36.1. The summed E-state index contributed by atoms with van der Waals surface area (Å²) in [5, 5.41) is 0. The van der Waals surface area contributed by atoms with Crippen LogP contribution in [0.2, 0.25) is 0 Å². The molecule has 0 N–H and O–H groups in total. The molecule has 0 radical (unpaired) electrons. The number of alkyl halides is 2. The molecular weight excluding hydrogens is 260 g/mol. The second-order valence-electron chi connectivity index (χ2n) is 4.84. The molecule has 0 amide bonds. The van der Waals surface area contributed by atoms with Gasteiger partial charge in [-0.05, 0) is 0 Å². The van der Waals surface area contributed by atoms with Crippen molar-refractivity contribution in [2.75, 3.05) is 13.6 Å². The molecule has 0 spiro atoms. The molecule has 0 aromatic carbocycles. The van der Waals surface area contributed by atoms with Gasteiger partial charge in [-0.3, -0.25) is 9.59 Å². The van der Waals surface area contributed by atoms with Crippen molar-refractivity contribution in [1.82, 2.24) is 0 Å². The minimum absolute atomic E-state index is 0.297. The van der Waals surface area contributed by atoms with Gasteiger partial charge in [0.1, 0.15) is 20.3 Å². The number of ether oxygens (including phenoxy) is 2. The van der Waals surface area contributed by atoms with Gasteiger partial charge in [-0.2, -0.15) is 0 Å². The molecule has 1 aliphatic rings. The van der Waals surface area contributed by atoms with Crippen LogP contribution in [-0.2, 0) is 19.1 Å². The van der Waals surface area contributed by atoms with Crippen molar-refractivity contribution < 1.29 is 32.4 Å². The minimum atomic E-state index is -2.76. The van der Waals surface area contributed by atoms with E-state index in [9.17, 15) is 18.4 Å². The first kappa shape index (κ1) is 15.5. The quantitative estimate of drug-likeness (QED) is 0.317. The number of hydrogen-bond donors (Lipinski definition) is 0. The van der Waals surface area contributed by atoms with Gasteiger partial charge < -0.3 is 9.47 Å². The van der Waals surface area contributed by atoms with E-state index in [4.69, 9.17) is 9.47 Å². The molecule has 1 aliphatic heterocycles. The molecule has 1 heterocycles. The monoisotopic (exact) mass is 278 g/mol. The molecule has 0 atom stereocenters. The second kappa shape index (κ2) is 6.08. The van der Waals surface area contributed by atoms with E-state index in [0.717, 1.165) is 0 Å². The van der Waals surface area contributed by atoms with Crippen LogP contribution in [0.4, 0.5) is 8.78 Å². The largest absolute Gasteiger partial charge is 0.422 e. The Bertz CT molecular complexity index is 366. The predicted molar refractivity (Wildman–Crippen MR) is 62.1 cm³/mol. The van der Waals surface area contributed by atoms with Gasteiger partial charge in [0.15, 0.2) is 5.92 Å². The standard InChI is InChI=1S/C12H18F2NO4/c1-12(5-4-6-15(2)3)18-10(16)8(7-9(13)14)11(17)19-12/h8-9H,2,4-7H2,1,3H3/q+1. The van der Waals surface area contributed by atoms with Gasteiger partial charge in [-0.15, -0.1) is 0 Å². The van der Waals surface area contributed by atoms with E-state index >= 15 is 0 Å². The molecule has 0 aromatic heterocycles. The molecular formula is C12H18F2NO4+. The van der Waals surface area contributed by atoms with E-state index in [-0.39, 0.29) is 0 Å². The third kappa shape index (κ3) is 4.57. The Morgan fingerprint density at radius 2 is 1.89 bits per heavy atom. The summed E-state index contributed by atoms with van der Waals surface area (Å²) in [5.74, 6) is -4.78. The third-order valence-electron chi connectivity index (χ3n) is 2.79. The van der Waals surface area contributed by atoms with E-state index in [0.29, 0.717) is 19.4 Å². The van der Waals surface area contributed by atoms with Gasteiger partial charge in [0.05, 0.1) is 0 Å². The Balaban J connectivity index is 2.60. The van der Waals surface area contributed by atoms with E-state index in [1.54, 1.807) is 11.6 Å². The van der Waals surface area contributed by atoms with Crippen LogP contribution in [0.1, 0.15) is 26.2 Å². The number of halogens is 2. The highest BCUT2D eigenvalue weighted by Gasteiger charge is 2.46. The topological polar surface area (TPSA) is 55.6 Å². The highest BCUT2D eigenvalue weighted by atomic mass is 19.3. The van der Waals surface area contributed by atoms with Crippen LogP contribution >= 0.6 is 0 Å². The zero-order valence-corrected chi connectivity index (χ0v) is 11.0. The Kier molecular flexibility index (Phi) is 4.97. The highest BCUT2D eigenvalue weighted by molar-refractivity contribution is 5.96. The zero-order valence-electron chi connectivity index (χ0n) is 11.0. The fourth-order valence-corrected chi connectivity index (χ4v) is 1.83. The van der Waals surface area contributed by atoms with Crippen molar-refractivity contribution in [3.63, 3.8) is 0 Å². The van der Waals surface area contributed by atoms with Crippen LogP contribution in [0.15, 0.2) is 0 Å². The number of hydrogen-bond acceptors (Lipinski definition) is 4. The first-order chi connectivity index (χ1) is 8.73. The lowest BCUT2D eigenvalue weighted by molar-refractivity contribution is -0.489. The summed E-state index contributed by atoms with van der Waals surface area (Å²) in [6, 6.07) is 0. The molecule has 19 heavy (non-hydrogen) atoms. The minimum Gasteiger partial charge on any atom is -0.422 e. The Morgan fingerprint density at radius 3 is 2.32 bits per heavy atom. The van der Waals surface area contributed by atoms with Gasteiger partial charge >= 0.3 is 11.9 Å². The number of cyclic esters (lactones) is 2. The fraction of sp³-hybridized carbons (Fsp3) is 0.750. The molecule has 7 heteroatoms. The number of nitrogens with zero attached hydrogens (tertiary/aromatic N) is 1. The zero-order chi connectivity index (χ0) is 14.6. The maximum Gasteiger partial charge on any atom is 0.323 e. The molecule has 0 unspecified atom stereocenters. The molecule has 1 saturated heterocycles. The maximum absolute atomic E-state index is 12.2. The number of esters is 2. The smallest absolute Gasteiger partial charge is 0.323 e. The fourth-order valence-electron chi connectivity index (χ4n) is 1.83. The maximum atomic E-state index is 12.2. The molecule has 0 bridgehead atoms. The summed E-state index contributed by atoms with van der Waals surface area (Å²) in [4.78, 5) is 23.1. The van der Waals surface area contributed by atoms with Crippen LogP contribution in [0, 0.1) is 5.92 Å². The van der Waals surface area contributed by atoms with Crippen molar-refractivity contribution in [1.29, 1.82) is 0 Å². The number of rotatable bonds is 6. The molecule has 108 valence electrons. The molecule has 1 rings (SSSR count). The molecule has 5 nitrogen and oxygen atoms in total.